The van der Waals surface area contributed by atoms with Crippen molar-refractivity contribution < 1.29 is 13.9 Å². The largest absolute Gasteiger partial charge is 0.407 e. The molecule has 102 valence electrons. The van der Waals surface area contributed by atoms with E-state index < -0.39 is 0 Å². The molecular weight excluding hydrogens is 236 g/mol. The summed E-state index contributed by atoms with van der Waals surface area (Å²) in [5.74, 6) is 0.584. The second kappa shape index (κ2) is 7.30. The van der Waals surface area contributed by atoms with Crippen molar-refractivity contribution in [3.63, 3.8) is 0 Å². The first-order valence-corrected chi connectivity index (χ1v) is 6.25. The first kappa shape index (κ1) is 13.3. The molecule has 2 heterocycles. The number of hydrogen-bond acceptors (Lipinski definition) is 7. The summed E-state index contributed by atoms with van der Waals surface area (Å²) < 4.78 is 15.7. The zero-order valence-electron chi connectivity index (χ0n) is 10.6. The number of rotatable bonds is 7. The molecule has 0 amide bonds. The Morgan fingerprint density at radius 3 is 2.94 bits per heavy atom. The van der Waals surface area contributed by atoms with Crippen LogP contribution in [0.2, 0.25) is 0 Å². The average molecular weight is 256 g/mol. The van der Waals surface area contributed by atoms with Crippen LogP contribution in [0.15, 0.2) is 4.42 Å². The van der Waals surface area contributed by atoms with E-state index in [0.29, 0.717) is 31.1 Å². The highest BCUT2D eigenvalue weighted by atomic mass is 16.5. The Morgan fingerprint density at radius 1 is 1.33 bits per heavy atom. The lowest BCUT2D eigenvalue weighted by molar-refractivity contribution is 0.0899. The Labute approximate surface area is 106 Å². The van der Waals surface area contributed by atoms with E-state index in [-0.39, 0.29) is 0 Å². The Morgan fingerprint density at radius 2 is 2.17 bits per heavy atom. The maximum absolute atomic E-state index is 5.49. The van der Waals surface area contributed by atoms with E-state index in [4.69, 9.17) is 13.9 Å². The number of nitrogens with one attached hydrogen (secondary N) is 2. The minimum absolute atomic E-state index is 0.369. The minimum atomic E-state index is 0.369. The normalized spacial score (nSPS) is 16.9. The molecule has 0 spiro atoms. The summed E-state index contributed by atoms with van der Waals surface area (Å²) in [5, 5.41) is 14.3. The maximum Gasteiger partial charge on any atom is 0.315 e. The maximum atomic E-state index is 5.49. The number of ether oxygens (including phenoxy) is 2. The molecular formula is C11H20N4O3. The summed E-state index contributed by atoms with van der Waals surface area (Å²) in [6.45, 7) is 3.57. The van der Waals surface area contributed by atoms with E-state index in [1.165, 1.54) is 0 Å². The lowest BCUT2D eigenvalue weighted by atomic mass is 10.1. The zero-order chi connectivity index (χ0) is 12.6. The second-order valence-electron chi connectivity index (χ2n) is 4.20. The van der Waals surface area contributed by atoms with Crippen molar-refractivity contribution in [1.82, 2.24) is 15.5 Å². The summed E-state index contributed by atoms with van der Waals surface area (Å²) in [5.41, 5.74) is 0. The van der Waals surface area contributed by atoms with Gasteiger partial charge in [-0.2, -0.15) is 0 Å². The van der Waals surface area contributed by atoms with Crippen molar-refractivity contribution in [1.29, 1.82) is 0 Å². The van der Waals surface area contributed by atoms with Gasteiger partial charge in [0.15, 0.2) is 0 Å². The summed E-state index contributed by atoms with van der Waals surface area (Å²) >= 11 is 0. The third-order valence-electron chi connectivity index (χ3n) is 2.77. The Kier molecular flexibility index (Phi) is 5.37. The molecule has 1 aliphatic heterocycles. The summed E-state index contributed by atoms with van der Waals surface area (Å²) in [7, 11) is 1.67. The molecule has 1 aliphatic rings. The van der Waals surface area contributed by atoms with Gasteiger partial charge in [0.1, 0.15) is 0 Å². The van der Waals surface area contributed by atoms with Gasteiger partial charge < -0.3 is 24.5 Å². The van der Waals surface area contributed by atoms with E-state index in [1.807, 2.05) is 0 Å². The predicted molar refractivity (Wildman–Crippen MR) is 65.3 cm³/mol. The van der Waals surface area contributed by atoms with Gasteiger partial charge >= 0.3 is 6.01 Å². The zero-order valence-corrected chi connectivity index (χ0v) is 10.6. The number of hydrogen-bond donors (Lipinski definition) is 2. The fraction of sp³-hybridized carbons (Fsp3) is 0.818. The first-order chi connectivity index (χ1) is 8.88. The van der Waals surface area contributed by atoms with Gasteiger partial charge in [0, 0.05) is 32.9 Å². The van der Waals surface area contributed by atoms with Gasteiger partial charge in [-0.05, 0) is 12.8 Å². The fourth-order valence-corrected chi connectivity index (χ4v) is 1.77. The van der Waals surface area contributed by atoms with Gasteiger partial charge in [-0.1, -0.05) is 5.10 Å². The van der Waals surface area contributed by atoms with E-state index in [1.54, 1.807) is 7.11 Å². The second-order valence-corrected chi connectivity index (χ2v) is 4.20. The van der Waals surface area contributed by atoms with Crippen molar-refractivity contribution in [2.24, 2.45) is 0 Å². The van der Waals surface area contributed by atoms with E-state index in [2.05, 4.69) is 20.8 Å². The number of nitrogens with zero attached hydrogens (tertiary/aromatic N) is 2. The van der Waals surface area contributed by atoms with Crippen LogP contribution in [0.3, 0.4) is 0 Å². The smallest absolute Gasteiger partial charge is 0.315 e. The van der Waals surface area contributed by atoms with E-state index in [9.17, 15) is 0 Å². The van der Waals surface area contributed by atoms with Gasteiger partial charge in [0.25, 0.3) is 0 Å². The van der Waals surface area contributed by atoms with Crippen LogP contribution in [0.4, 0.5) is 6.01 Å². The summed E-state index contributed by atoms with van der Waals surface area (Å²) in [6.07, 6.45) is 1.95. The molecule has 1 saturated heterocycles. The van der Waals surface area contributed by atoms with Crippen LogP contribution in [0.5, 0.6) is 0 Å². The van der Waals surface area contributed by atoms with Crippen LogP contribution in [-0.4, -0.2) is 49.7 Å². The molecule has 0 atom stereocenters. The predicted octanol–water partition coefficient (Wildman–Crippen LogP) is 0.396. The topological polar surface area (TPSA) is 81.4 Å². The third kappa shape index (κ3) is 4.25. The molecule has 7 heteroatoms. The molecule has 0 radical (unpaired) electrons. The van der Waals surface area contributed by atoms with Gasteiger partial charge in [0.2, 0.25) is 5.89 Å². The number of methoxy groups -OCH3 is 1. The van der Waals surface area contributed by atoms with E-state index in [0.717, 1.165) is 32.6 Å². The van der Waals surface area contributed by atoms with Crippen molar-refractivity contribution in [3.05, 3.63) is 5.89 Å². The standard InChI is InChI=1S/C11H20N4O3/c1-16-7-4-12-8-10-14-15-11(18-10)13-9-2-5-17-6-3-9/h9,12H,2-8H2,1H3,(H,13,15). The molecule has 0 unspecified atom stereocenters. The Bertz CT molecular complexity index is 339. The van der Waals surface area contributed by atoms with Crippen LogP contribution < -0.4 is 10.6 Å². The summed E-state index contributed by atoms with van der Waals surface area (Å²) in [6, 6.07) is 0.860. The van der Waals surface area contributed by atoms with Crippen molar-refractivity contribution in [2.45, 2.75) is 25.4 Å². The van der Waals surface area contributed by atoms with Crippen LogP contribution in [-0.2, 0) is 16.0 Å². The highest BCUT2D eigenvalue weighted by Gasteiger charge is 2.16. The van der Waals surface area contributed by atoms with Gasteiger partial charge in [-0.15, -0.1) is 5.10 Å². The van der Waals surface area contributed by atoms with Crippen LogP contribution in [0.1, 0.15) is 18.7 Å². The lowest BCUT2D eigenvalue weighted by Gasteiger charge is -2.21. The molecule has 2 rings (SSSR count). The number of aromatic nitrogens is 2. The Hall–Kier alpha value is -1.18. The molecule has 0 bridgehead atoms. The van der Waals surface area contributed by atoms with E-state index >= 15 is 0 Å². The van der Waals surface area contributed by atoms with Crippen molar-refractivity contribution in [3.8, 4) is 0 Å². The minimum Gasteiger partial charge on any atom is -0.407 e. The lowest BCUT2D eigenvalue weighted by Crippen LogP contribution is -2.27. The quantitative estimate of drug-likeness (QED) is 0.683. The van der Waals surface area contributed by atoms with Gasteiger partial charge in [0.05, 0.1) is 13.2 Å². The molecule has 0 aliphatic carbocycles. The highest BCUT2D eigenvalue weighted by molar-refractivity contribution is 5.19. The summed E-state index contributed by atoms with van der Waals surface area (Å²) in [4.78, 5) is 0. The molecule has 1 aromatic heterocycles. The molecule has 1 aromatic rings. The molecule has 1 fully saturated rings. The first-order valence-electron chi connectivity index (χ1n) is 6.25. The number of anilines is 1. The van der Waals surface area contributed by atoms with Crippen LogP contribution >= 0.6 is 0 Å². The van der Waals surface area contributed by atoms with Crippen molar-refractivity contribution >= 4 is 6.01 Å². The Balaban J connectivity index is 1.71. The van der Waals surface area contributed by atoms with Crippen molar-refractivity contribution in [2.75, 3.05) is 38.8 Å². The molecule has 2 N–H and O–H groups in total. The fourth-order valence-electron chi connectivity index (χ4n) is 1.77. The van der Waals surface area contributed by atoms with Gasteiger partial charge in [-0.3, -0.25) is 0 Å². The highest BCUT2D eigenvalue weighted by Crippen LogP contribution is 2.13. The van der Waals surface area contributed by atoms with Gasteiger partial charge in [-0.25, -0.2) is 0 Å². The molecule has 7 nitrogen and oxygen atoms in total. The monoisotopic (exact) mass is 256 g/mol. The third-order valence-corrected chi connectivity index (χ3v) is 2.77. The molecule has 0 aromatic carbocycles. The SMILES string of the molecule is COCCNCc1nnc(NC2CCOCC2)o1. The average Bonchev–Trinajstić information content (AvgIpc) is 2.84. The van der Waals surface area contributed by atoms with Crippen LogP contribution in [0, 0.1) is 0 Å². The van der Waals surface area contributed by atoms with Crippen LogP contribution in [0.25, 0.3) is 0 Å². The molecule has 0 saturated carbocycles. The molecule has 18 heavy (non-hydrogen) atoms.